The van der Waals surface area contributed by atoms with Crippen molar-refractivity contribution in [1.82, 2.24) is 9.13 Å². The van der Waals surface area contributed by atoms with E-state index in [4.69, 9.17) is 4.99 Å². The van der Waals surface area contributed by atoms with Crippen LogP contribution in [0.5, 0.6) is 0 Å². The number of hydrogen-bond acceptors (Lipinski definition) is 2. The lowest BCUT2D eigenvalue weighted by Crippen LogP contribution is -2.21. The average Bonchev–Trinajstić information content (AvgIpc) is 3.90. The van der Waals surface area contributed by atoms with Crippen molar-refractivity contribution < 1.29 is 0 Å². The largest absolute Gasteiger partial charge is 0.359 e. The zero-order chi connectivity index (χ0) is 42.1. The summed E-state index contributed by atoms with van der Waals surface area (Å²) in [6.07, 6.45) is -0.315. The molecule has 0 amide bonds. The minimum Gasteiger partial charge on any atom is -0.359 e. The maximum absolute atomic E-state index is 5.55. The smallest absolute Gasteiger partial charge is 0.145 e. The molecule has 1 aliphatic heterocycles. The predicted molar refractivity (Wildman–Crippen MR) is 268 cm³/mol. The molecule has 2 aromatic heterocycles. The van der Waals surface area contributed by atoms with Crippen LogP contribution in [-0.2, 0) is 0 Å². The molecule has 1 aliphatic rings. The Hall–Kier alpha value is -8.47. The number of aliphatic imine (C=N–C) groups is 1. The van der Waals surface area contributed by atoms with Gasteiger partial charge >= 0.3 is 0 Å². The van der Waals surface area contributed by atoms with Crippen LogP contribution in [0.1, 0.15) is 22.9 Å². The van der Waals surface area contributed by atoms with Gasteiger partial charge in [0.05, 0.1) is 33.5 Å². The molecule has 0 saturated heterocycles. The molecular weight excluding hydrogens is 777 g/mol. The maximum atomic E-state index is 5.55. The molecular formula is C60H40N4. The Kier molecular flexibility index (Phi) is 8.25. The van der Waals surface area contributed by atoms with Gasteiger partial charge in [0, 0.05) is 49.4 Å². The quantitative estimate of drug-likeness (QED) is 0.178. The van der Waals surface area contributed by atoms with E-state index in [1.54, 1.807) is 0 Å². The number of hydrogen-bond donors (Lipinski definition) is 1. The summed E-state index contributed by atoms with van der Waals surface area (Å²) in [7, 11) is 0. The van der Waals surface area contributed by atoms with Gasteiger partial charge in [-0.25, -0.2) is 0 Å². The fraction of sp³-hybridized carbons (Fsp3) is 0.0167. The molecule has 1 unspecified atom stereocenters. The highest BCUT2D eigenvalue weighted by molar-refractivity contribution is 6.23. The first-order valence-electron chi connectivity index (χ1n) is 22.0. The molecule has 0 spiro atoms. The van der Waals surface area contributed by atoms with Crippen LogP contribution in [-0.4, -0.2) is 14.8 Å². The van der Waals surface area contributed by atoms with E-state index in [0.717, 1.165) is 50.5 Å². The number of nitrogens with one attached hydrogen (secondary N) is 1. The lowest BCUT2D eigenvalue weighted by atomic mass is 9.93. The van der Waals surface area contributed by atoms with Gasteiger partial charge in [0.15, 0.2) is 0 Å². The molecule has 0 radical (unpaired) electrons. The first kappa shape index (κ1) is 36.2. The van der Waals surface area contributed by atoms with E-state index in [-0.39, 0.29) is 6.17 Å². The molecule has 4 heteroatoms. The maximum Gasteiger partial charge on any atom is 0.145 e. The third-order valence-corrected chi connectivity index (χ3v) is 13.1. The minimum absolute atomic E-state index is 0.315. The number of para-hydroxylation sites is 3. The standard InChI is InChI=1S/C60H40N4/c1-3-16-39(17-4-1)40-32-34-42(35-33-40)58-51-37-36-41-18-7-8-23-46(41)59(51)62-60(61-58)43-19-13-22-45(38-43)64-53-29-12-10-25-50(53)57-48(27-15-31-55(57)64)47-26-14-30-54-56(47)49-24-9-11-28-52(49)63(54)44-20-5-2-6-21-44/h1-38,60,62H. The summed E-state index contributed by atoms with van der Waals surface area (Å²) < 4.78 is 4.83. The van der Waals surface area contributed by atoms with Crippen LogP contribution in [0.25, 0.3) is 88.0 Å². The topological polar surface area (TPSA) is 34.2 Å². The fourth-order valence-corrected chi connectivity index (χ4v) is 10.3. The predicted octanol–water partition coefficient (Wildman–Crippen LogP) is 15.3. The SMILES string of the molecule is c1ccc(-c2ccc(C3=NC(c4cccc(-n5c6ccccc6c6c(-c7cccc8c7c7ccccc7n8-c7ccccc7)cccc65)c4)Nc4c3ccc3ccccc43)cc2)cc1. The van der Waals surface area contributed by atoms with Gasteiger partial charge in [0.1, 0.15) is 6.17 Å². The van der Waals surface area contributed by atoms with E-state index in [1.165, 1.54) is 65.6 Å². The highest BCUT2D eigenvalue weighted by Gasteiger charge is 2.26. The van der Waals surface area contributed by atoms with Gasteiger partial charge in [-0.1, -0.05) is 182 Å². The normalized spacial score (nSPS) is 13.7. The molecule has 0 aliphatic carbocycles. The van der Waals surface area contributed by atoms with Crippen LogP contribution >= 0.6 is 0 Å². The number of benzene rings is 10. The van der Waals surface area contributed by atoms with Crippen molar-refractivity contribution in [3.8, 4) is 33.6 Å². The lowest BCUT2D eigenvalue weighted by Gasteiger charge is -2.28. The second-order valence-corrected chi connectivity index (χ2v) is 16.7. The molecule has 3 heterocycles. The van der Waals surface area contributed by atoms with Crippen molar-refractivity contribution in [1.29, 1.82) is 0 Å². The summed E-state index contributed by atoms with van der Waals surface area (Å²) in [6.45, 7) is 0. The average molecular weight is 817 g/mol. The molecule has 1 N–H and O–H groups in total. The number of rotatable bonds is 6. The van der Waals surface area contributed by atoms with Gasteiger partial charge in [0.2, 0.25) is 0 Å². The van der Waals surface area contributed by atoms with Gasteiger partial charge in [-0.15, -0.1) is 0 Å². The van der Waals surface area contributed by atoms with Crippen molar-refractivity contribution in [2.75, 3.05) is 5.32 Å². The van der Waals surface area contributed by atoms with Gasteiger partial charge in [-0.2, -0.15) is 0 Å². The number of fused-ring (bicyclic) bond motifs is 9. The molecule has 4 nitrogen and oxygen atoms in total. The van der Waals surface area contributed by atoms with Crippen molar-refractivity contribution in [2.24, 2.45) is 4.99 Å². The van der Waals surface area contributed by atoms with Gasteiger partial charge in [-0.05, 0) is 81.7 Å². The van der Waals surface area contributed by atoms with Crippen LogP contribution in [0.3, 0.4) is 0 Å². The molecule has 12 aromatic rings. The molecule has 0 saturated carbocycles. The van der Waals surface area contributed by atoms with Crippen LogP contribution in [0.15, 0.2) is 236 Å². The Bertz CT molecular complexity index is 3800. The fourth-order valence-electron chi connectivity index (χ4n) is 10.3. The third-order valence-electron chi connectivity index (χ3n) is 13.1. The number of aromatic nitrogens is 2. The molecule has 13 rings (SSSR count). The second-order valence-electron chi connectivity index (χ2n) is 16.7. The highest BCUT2D eigenvalue weighted by Crippen LogP contribution is 2.45. The summed E-state index contributed by atoms with van der Waals surface area (Å²) in [5.74, 6) is 0. The Morgan fingerprint density at radius 1 is 0.359 bits per heavy atom. The Morgan fingerprint density at radius 2 is 0.875 bits per heavy atom. The van der Waals surface area contributed by atoms with E-state index >= 15 is 0 Å². The lowest BCUT2D eigenvalue weighted by molar-refractivity contribution is 0.828. The molecule has 64 heavy (non-hydrogen) atoms. The van der Waals surface area contributed by atoms with Crippen LogP contribution in [0, 0.1) is 0 Å². The summed E-state index contributed by atoms with van der Waals surface area (Å²) in [4.78, 5) is 5.55. The van der Waals surface area contributed by atoms with E-state index in [2.05, 4.69) is 245 Å². The highest BCUT2D eigenvalue weighted by atomic mass is 15.1. The Morgan fingerprint density at radius 3 is 1.56 bits per heavy atom. The third kappa shape index (κ3) is 5.66. The van der Waals surface area contributed by atoms with Gasteiger partial charge < -0.3 is 14.5 Å². The summed E-state index contributed by atoms with van der Waals surface area (Å²) in [5, 5.41) is 11.3. The van der Waals surface area contributed by atoms with Crippen LogP contribution < -0.4 is 5.32 Å². The Labute approximate surface area is 370 Å². The summed E-state index contributed by atoms with van der Waals surface area (Å²) in [5.41, 5.74) is 17.2. The van der Waals surface area contributed by atoms with Crippen molar-refractivity contribution in [3.63, 3.8) is 0 Å². The van der Waals surface area contributed by atoms with Crippen LogP contribution in [0.2, 0.25) is 0 Å². The molecule has 300 valence electrons. The Balaban J connectivity index is 0.977. The zero-order valence-corrected chi connectivity index (χ0v) is 34.9. The van der Waals surface area contributed by atoms with E-state index in [1.807, 2.05) is 0 Å². The molecule has 1 atom stereocenters. The van der Waals surface area contributed by atoms with Gasteiger partial charge in [0.25, 0.3) is 0 Å². The zero-order valence-electron chi connectivity index (χ0n) is 34.9. The number of nitrogens with zero attached hydrogens (tertiary/aromatic N) is 3. The van der Waals surface area contributed by atoms with Crippen LogP contribution in [0.4, 0.5) is 5.69 Å². The van der Waals surface area contributed by atoms with Crippen molar-refractivity contribution >= 4 is 65.8 Å². The van der Waals surface area contributed by atoms with Crippen molar-refractivity contribution in [3.05, 3.63) is 247 Å². The van der Waals surface area contributed by atoms with E-state index in [0.29, 0.717) is 0 Å². The molecule has 10 aromatic carbocycles. The second kappa shape index (κ2) is 14.6. The summed E-state index contributed by atoms with van der Waals surface area (Å²) >= 11 is 0. The minimum atomic E-state index is -0.315. The first-order chi connectivity index (χ1) is 31.8. The molecule has 0 bridgehead atoms. The first-order valence-corrected chi connectivity index (χ1v) is 22.0. The summed E-state index contributed by atoms with van der Waals surface area (Å²) in [6, 6.07) is 83.3. The van der Waals surface area contributed by atoms with Crippen molar-refractivity contribution in [2.45, 2.75) is 6.17 Å². The molecule has 0 fully saturated rings. The number of anilines is 1. The van der Waals surface area contributed by atoms with E-state index < -0.39 is 0 Å². The monoisotopic (exact) mass is 816 g/mol. The van der Waals surface area contributed by atoms with E-state index in [9.17, 15) is 0 Å². The van der Waals surface area contributed by atoms with Gasteiger partial charge in [-0.3, -0.25) is 4.99 Å².